The minimum atomic E-state index is -0.524. The van der Waals surface area contributed by atoms with Gasteiger partial charge < -0.3 is 14.2 Å². The molecule has 1 aliphatic heterocycles. The van der Waals surface area contributed by atoms with Crippen molar-refractivity contribution >= 4 is 50.9 Å². The highest BCUT2D eigenvalue weighted by Crippen LogP contribution is 2.39. The molecule has 7 nitrogen and oxygen atoms in total. The molecular formula is C18H18BrNO6S. The summed E-state index contributed by atoms with van der Waals surface area (Å²) in [5.41, 5.74) is 0.639. The second-order valence-electron chi connectivity index (χ2n) is 5.21. The van der Waals surface area contributed by atoms with Gasteiger partial charge in [0.2, 0.25) is 0 Å². The number of carbonyl (C=O) groups excluding carboxylic acids is 3. The number of esters is 1. The number of imide groups is 1. The van der Waals surface area contributed by atoms with Crippen molar-refractivity contribution in [2.45, 2.75) is 6.92 Å². The zero-order valence-corrected chi connectivity index (χ0v) is 17.2. The van der Waals surface area contributed by atoms with Gasteiger partial charge in [-0.05, 0) is 58.4 Å². The Balaban J connectivity index is 2.33. The van der Waals surface area contributed by atoms with Gasteiger partial charge in [0.25, 0.3) is 11.1 Å². The van der Waals surface area contributed by atoms with Crippen LogP contribution in [0, 0.1) is 0 Å². The molecule has 1 aromatic carbocycles. The van der Waals surface area contributed by atoms with Gasteiger partial charge >= 0.3 is 5.97 Å². The average molecular weight is 456 g/mol. The number of rotatable bonds is 8. The SMILES string of the molecule is C=CCN1C(=O)S/C(=C/c2cc(Br)c(OCC(=O)OC)c(OCC)c2)C1=O. The molecular weight excluding hydrogens is 438 g/mol. The molecule has 0 N–H and O–H groups in total. The first-order valence-electron chi connectivity index (χ1n) is 7.93. The van der Waals surface area contributed by atoms with Crippen LogP contribution in [-0.2, 0) is 14.3 Å². The second-order valence-corrected chi connectivity index (χ2v) is 7.06. The lowest BCUT2D eigenvalue weighted by molar-refractivity contribution is -0.143. The number of ether oxygens (including phenoxy) is 3. The average Bonchev–Trinajstić information content (AvgIpc) is 2.89. The summed E-state index contributed by atoms with van der Waals surface area (Å²) in [4.78, 5) is 37.0. The third-order valence-electron chi connectivity index (χ3n) is 3.38. The lowest BCUT2D eigenvalue weighted by atomic mass is 10.2. The predicted molar refractivity (Wildman–Crippen MR) is 106 cm³/mol. The van der Waals surface area contributed by atoms with E-state index in [0.29, 0.717) is 33.0 Å². The second kappa shape index (κ2) is 9.61. The number of hydrogen-bond donors (Lipinski definition) is 0. The minimum Gasteiger partial charge on any atom is -0.490 e. The fourth-order valence-electron chi connectivity index (χ4n) is 2.20. The zero-order valence-electron chi connectivity index (χ0n) is 14.8. The lowest BCUT2D eigenvalue weighted by Crippen LogP contribution is -2.27. The molecule has 0 unspecified atom stereocenters. The van der Waals surface area contributed by atoms with Crippen molar-refractivity contribution in [2.75, 3.05) is 26.9 Å². The van der Waals surface area contributed by atoms with Crippen LogP contribution in [0.25, 0.3) is 6.08 Å². The van der Waals surface area contributed by atoms with E-state index >= 15 is 0 Å². The molecule has 0 spiro atoms. The first-order chi connectivity index (χ1) is 12.9. The van der Waals surface area contributed by atoms with Gasteiger partial charge in [0.05, 0.1) is 23.1 Å². The van der Waals surface area contributed by atoms with Gasteiger partial charge in [-0.2, -0.15) is 0 Å². The maximum Gasteiger partial charge on any atom is 0.343 e. The Morgan fingerprint density at radius 2 is 2.07 bits per heavy atom. The number of methoxy groups -OCH3 is 1. The van der Waals surface area contributed by atoms with Gasteiger partial charge in [-0.3, -0.25) is 14.5 Å². The van der Waals surface area contributed by atoms with Crippen molar-refractivity contribution in [3.05, 3.63) is 39.7 Å². The van der Waals surface area contributed by atoms with Gasteiger partial charge in [-0.15, -0.1) is 6.58 Å². The van der Waals surface area contributed by atoms with Crippen molar-refractivity contribution in [2.24, 2.45) is 0 Å². The first kappa shape index (κ1) is 21.0. The third kappa shape index (κ3) is 5.14. The monoisotopic (exact) mass is 455 g/mol. The maximum absolute atomic E-state index is 12.3. The molecule has 1 saturated heterocycles. The summed E-state index contributed by atoms with van der Waals surface area (Å²) in [6.07, 6.45) is 3.10. The van der Waals surface area contributed by atoms with Gasteiger partial charge in [0.15, 0.2) is 18.1 Å². The normalized spacial score (nSPS) is 15.2. The number of amides is 2. The molecule has 2 amide bonds. The summed E-state index contributed by atoms with van der Waals surface area (Å²) in [7, 11) is 1.27. The van der Waals surface area contributed by atoms with Crippen LogP contribution in [0.3, 0.4) is 0 Å². The molecule has 27 heavy (non-hydrogen) atoms. The van der Waals surface area contributed by atoms with Crippen molar-refractivity contribution in [1.82, 2.24) is 4.90 Å². The Kier molecular flexibility index (Phi) is 7.49. The number of nitrogens with zero attached hydrogens (tertiary/aromatic N) is 1. The Bertz CT molecular complexity index is 807. The molecule has 144 valence electrons. The topological polar surface area (TPSA) is 82.1 Å². The van der Waals surface area contributed by atoms with Gasteiger partial charge in [0.1, 0.15) is 0 Å². The Morgan fingerprint density at radius 1 is 1.33 bits per heavy atom. The van der Waals surface area contributed by atoms with E-state index < -0.39 is 5.97 Å². The smallest absolute Gasteiger partial charge is 0.343 e. The van der Waals surface area contributed by atoms with Crippen molar-refractivity contribution in [3.8, 4) is 11.5 Å². The van der Waals surface area contributed by atoms with Gasteiger partial charge in [0, 0.05) is 6.54 Å². The minimum absolute atomic E-state index is 0.163. The number of thioether (sulfide) groups is 1. The summed E-state index contributed by atoms with van der Waals surface area (Å²) in [6, 6.07) is 3.37. The number of halogens is 1. The molecule has 0 saturated carbocycles. The Morgan fingerprint density at radius 3 is 2.70 bits per heavy atom. The van der Waals surface area contributed by atoms with Crippen LogP contribution < -0.4 is 9.47 Å². The fraction of sp³-hybridized carbons (Fsp3) is 0.278. The zero-order chi connectivity index (χ0) is 20.0. The maximum atomic E-state index is 12.3. The van der Waals surface area contributed by atoms with Crippen LogP contribution in [-0.4, -0.2) is 48.9 Å². The van der Waals surface area contributed by atoms with E-state index in [4.69, 9.17) is 9.47 Å². The molecule has 9 heteroatoms. The molecule has 1 aliphatic rings. The van der Waals surface area contributed by atoms with Crippen LogP contribution in [0.2, 0.25) is 0 Å². The van der Waals surface area contributed by atoms with Gasteiger partial charge in [-0.1, -0.05) is 6.08 Å². The Hall–Kier alpha value is -2.26. The molecule has 0 aliphatic carbocycles. The quantitative estimate of drug-likeness (QED) is 0.336. The summed E-state index contributed by atoms with van der Waals surface area (Å²) in [5, 5.41) is -0.340. The number of benzene rings is 1. The van der Waals surface area contributed by atoms with Crippen molar-refractivity contribution < 1.29 is 28.6 Å². The molecule has 0 radical (unpaired) electrons. The Labute approximate surface area is 169 Å². The fourth-order valence-corrected chi connectivity index (χ4v) is 3.62. The van der Waals surface area contributed by atoms with E-state index in [1.165, 1.54) is 13.2 Å². The van der Waals surface area contributed by atoms with E-state index in [1.54, 1.807) is 18.2 Å². The summed E-state index contributed by atoms with van der Waals surface area (Å²) in [6.45, 7) is 5.63. The van der Waals surface area contributed by atoms with Crippen LogP contribution in [0.4, 0.5) is 4.79 Å². The van der Waals surface area contributed by atoms with Crippen LogP contribution >= 0.6 is 27.7 Å². The third-order valence-corrected chi connectivity index (χ3v) is 4.87. The largest absolute Gasteiger partial charge is 0.490 e. The summed E-state index contributed by atoms with van der Waals surface area (Å²) < 4.78 is 16.1. The van der Waals surface area contributed by atoms with E-state index in [-0.39, 0.29) is 24.3 Å². The highest BCUT2D eigenvalue weighted by molar-refractivity contribution is 9.10. The molecule has 0 bridgehead atoms. The van der Waals surface area contributed by atoms with E-state index in [2.05, 4.69) is 27.2 Å². The molecule has 2 rings (SSSR count). The predicted octanol–water partition coefficient (Wildman–Crippen LogP) is 3.62. The molecule has 1 fully saturated rings. The number of carbonyl (C=O) groups is 3. The van der Waals surface area contributed by atoms with E-state index in [1.807, 2.05) is 6.92 Å². The molecule has 1 aromatic rings. The first-order valence-corrected chi connectivity index (χ1v) is 9.54. The lowest BCUT2D eigenvalue weighted by Gasteiger charge is -2.14. The van der Waals surface area contributed by atoms with Crippen molar-refractivity contribution in [3.63, 3.8) is 0 Å². The van der Waals surface area contributed by atoms with Crippen molar-refractivity contribution in [1.29, 1.82) is 0 Å². The highest BCUT2D eigenvalue weighted by Gasteiger charge is 2.34. The van der Waals surface area contributed by atoms with Crippen LogP contribution in [0.15, 0.2) is 34.2 Å². The summed E-state index contributed by atoms with van der Waals surface area (Å²) in [5.74, 6) is -0.152. The highest BCUT2D eigenvalue weighted by atomic mass is 79.9. The number of hydrogen-bond acceptors (Lipinski definition) is 7. The standard InChI is InChI=1S/C18H18BrNO6S/c1-4-6-20-17(22)14(27-18(20)23)9-11-7-12(19)16(13(8-11)25-5-2)26-10-15(21)24-3/h4,7-9H,1,5-6,10H2,2-3H3/b14-9+. The van der Waals surface area contributed by atoms with E-state index in [0.717, 1.165) is 16.7 Å². The van der Waals surface area contributed by atoms with E-state index in [9.17, 15) is 14.4 Å². The molecule has 1 heterocycles. The molecule has 0 aromatic heterocycles. The molecule has 0 atom stereocenters. The van der Waals surface area contributed by atoms with Crippen LogP contribution in [0.5, 0.6) is 11.5 Å². The van der Waals surface area contributed by atoms with Gasteiger partial charge in [-0.25, -0.2) is 4.79 Å². The summed E-state index contributed by atoms with van der Waals surface area (Å²) >= 11 is 4.25. The van der Waals surface area contributed by atoms with Crippen LogP contribution in [0.1, 0.15) is 12.5 Å².